The molecule has 5 nitrogen and oxygen atoms in total. The number of rotatable bonds is 4. The largest absolute Gasteiger partial charge is 0.312 e. The van der Waals surface area contributed by atoms with Gasteiger partial charge >= 0.3 is 0 Å². The van der Waals surface area contributed by atoms with Crippen LogP contribution in [0.25, 0.3) is 0 Å². The predicted octanol–water partition coefficient (Wildman–Crippen LogP) is 0.728. The Morgan fingerprint density at radius 2 is 2.00 bits per heavy atom. The number of carbonyl (C=O) groups is 1. The molecule has 1 amide bonds. The molecule has 0 spiro atoms. The van der Waals surface area contributed by atoms with E-state index in [-0.39, 0.29) is 24.2 Å². The Balaban J connectivity index is 2.01. The van der Waals surface area contributed by atoms with E-state index in [1.807, 2.05) is 0 Å². The summed E-state index contributed by atoms with van der Waals surface area (Å²) in [6.45, 7) is 0.676. The fourth-order valence-corrected chi connectivity index (χ4v) is 2.60. The molecule has 19 heavy (non-hydrogen) atoms. The van der Waals surface area contributed by atoms with Crippen molar-refractivity contribution in [2.45, 2.75) is 6.42 Å². The number of hydrogen-bond acceptors (Lipinski definition) is 3. The second-order valence-corrected chi connectivity index (χ2v) is 6.50. The van der Waals surface area contributed by atoms with Crippen molar-refractivity contribution >= 4 is 21.6 Å². The third kappa shape index (κ3) is 3.74. The Morgan fingerprint density at radius 3 is 2.58 bits per heavy atom. The Kier molecular flexibility index (Phi) is 3.86. The van der Waals surface area contributed by atoms with Crippen molar-refractivity contribution in [1.29, 1.82) is 0 Å². The first-order chi connectivity index (χ1) is 8.85. The molecule has 104 valence electrons. The maximum atomic E-state index is 12.8. The topological polar surface area (TPSA) is 66.5 Å². The second kappa shape index (κ2) is 5.26. The lowest BCUT2D eigenvalue weighted by atomic mass is 10.1. The van der Waals surface area contributed by atoms with Crippen LogP contribution in [0.4, 0.5) is 10.1 Å². The average molecular weight is 286 g/mol. The van der Waals surface area contributed by atoms with Crippen molar-refractivity contribution in [3.63, 3.8) is 0 Å². The number of carbonyl (C=O) groups excluding carboxylic acids is 1. The van der Waals surface area contributed by atoms with E-state index in [1.165, 1.54) is 12.1 Å². The van der Waals surface area contributed by atoms with E-state index in [9.17, 15) is 17.6 Å². The summed E-state index contributed by atoms with van der Waals surface area (Å²) in [5.74, 6) is -0.495. The highest BCUT2D eigenvalue weighted by Crippen LogP contribution is 2.24. The highest BCUT2D eigenvalue weighted by Gasteiger charge is 2.30. The average Bonchev–Trinajstić information content (AvgIpc) is 2.68. The SMILES string of the molecule is CS(=O)(=O)NCC1CC(=O)N(c2ccc(F)cc2)C1. The van der Waals surface area contributed by atoms with Crippen LogP contribution >= 0.6 is 0 Å². The number of halogens is 1. The molecule has 0 saturated carbocycles. The molecule has 2 rings (SSSR count). The van der Waals surface area contributed by atoms with Crippen LogP contribution in [0.5, 0.6) is 0 Å². The van der Waals surface area contributed by atoms with Gasteiger partial charge in [0.05, 0.1) is 6.26 Å². The zero-order valence-electron chi connectivity index (χ0n) is 10.5. The number of benzene rings is 1. The van der Waals surface area contributed by atoms with Gasteiger partial charge in [0.15, 0.2) is 0 Å². The highest BCUT2D eigenvalue weighted by molar-refractivity contribution is 7.88. The lowest BCUT2D eigenvalue weighted by Gasteiger charge is -2.16. The molecule has 1 atom stereocenters. The molecule has 1 aromatic rings. The molecule has 1 aromatic carbocycles. The van der Waals surface area contributed by atoms with Crippen LogP contribution in [0.1, 0.15) is 6.42 Å². The molecule has 1 N–H and O–H groups in total. The van der Waals surface area contributed by atoms with Crippen LogP contribution in [0.2, 0.25) is 0 Å². The summed E-state index contributed by atoms with van der Waals surface area (Å²) < 4.78 is 37.2. The quantitative estimate of drug-likeness (QED) is 0.887. The normalized spacial score (nSPS) is 20.0. The van der Waals surface area contributed by atoms with Crippen LogP contribution in [-0.4, -0.2) is 33.7 Å². The maximum Gasteiger partial charge on any atom is 0.227 e. The summed E-state index contributed by atoms with van der Waals surface area (Å²) in [4.78, 5) is 13.4. The van der Waals surface area contributed by atoms with Gasteiger partial charge in [-0.25, -0.2) is 17.5 Å². The van der Waals surface area contributed by atoms with Gasteiger partial charge in [0, 0.05) is 25.2 Å². The van der Waals surface area contributed by atoms with E-state index in [2.05, 4.69) is 4.72 Å². The molecule has 0 radical (unpaired) electrons. The van der Waals surface area contributed by atoms with Crippen molar-refractivity contribution in [3.8, 4) is 0 Å². The molecule has 7 heteroatoms. The van der Waals surface area contributed by atoms with Gasteiger partial charge in [0.1, 0.15) is 5.82 Å². The summed E-state index contributed by atoms with van der Waals surface area (Å²) in [6, 6.07) is 5.68. The van der Waals surface area contributed by atoms with E-state index in [4.69, 9.17) is 0 Å². The molecule has 1 saturated heterocycles. The highest BCUT2D eigenvalue weighted by atomic mass is 32.2. The number of sulfonamides is 1. The lowest BCUT2D eigenvalue weighted by molar-refractivity contribution is -0.117. The van der Waals surface area contributed by atoms with Gasteiger partial charge in [0.2, 0.25) is 15.9 Å². The number of anilines is 1. The summed E-state index contributed by atoms with van der Waals surface area (Å²) in [5.41, 5.74) is 0.633. The molecule has 0 bridgehead atoms. The van der Waals surface area contributed by atoms with Gasteiger partial charge in [-0.05, 0) is 30.2 Å². The van der Waals surface area contributed by atoms with E-state index >= 15 is 0 Å². The van der Waals surface area contributed by atoms with Crippen LogP contribution in [0.15, 0.2) is 24.3 Å². The minimum Gasteiger partial charge on any atom is -0.312 e. The van der Waals surface area contributed by atoms with Crippen molar-refractivity contribution in [1.82, 2.24) is 4.72 Å². The number of nitrogens with one attached hydrogen (secondary N) is 1. The van der Waals surface area contributed by atoms with Gasteiger partial charge < -0.3 is 4.90 Å². The van der Waals surface area contributed by atoms with Gasteiger partial charge in [-0.2, -0.15) is 0 Å². The monoisotopic (exact) mass is 286 g/mol. The standard InChI is InChI=1S/C12H15FN2O3S/c1-19(17,18)14-7-9-6-12(16)15(8-9)11-4-2-10(13)3-5-11/h2-5,9,14H,6-8H2,1H3. The first kappa shape index (κ1) is 14.0. The molecular weight excluding hydrogens is 271 g/mol. The van der Waals surface area contributed by atoms with Gasteiger partial charge in [-0.1, -0.05) is 0 Å². The van der Waals surface area contributed by atoms with Crippen LogP contribution in [-0.2, 0) is 14.8 Å². The van der Waals surface area contributed by atoms with Gasteiger partial charge in [-0.15, -0.1) is 0 Å². The fraction of sp³-hybridized carbons (Fsp3) is 0.417. The predicted molar refractivity (Wildman–Crippen MR) is 69.7 cm³/mol. The molecule has 1 aliphatic rings. The molecule has 1 unspecified atom stereocenters. The molecule has 0 aliphatic carbocycles. The summed E-state index contributed by atoms with van der Waals surface area (Å²) in [7, 11) is -3.25. The first-order valence-corrected chi connectivity index (χ1v) is 7.75. The summed E-state index contributed by atoms with van der Waals surface area (Å²) >= 11 is 0. The van der Waals surface area contributed by atoms with Crippen LogP contribution in [0.3, 0.4) is 0 Å². The van der Waals surface area contributed by atoms with Crippen molar-refractivity contribution in [3.05, 3.63) is 30.1 Å². The van der Waals surface area contributed by atoms with E-state index in [0.717, 1.165) is 6.26 Å². The van der Waals surface area contributed by atoms with Crippen molar-refractivity contribution in [2.75, 3.05) is 24.2 Å². The molecule has 1 fully saturated rings. The van der Waals surface area contributed by atoms with Crippen LogP contribution < -0.4 is 9.62 Å². The first-order valence-electron chi connectivity index (χ1n) is 5.86. The zero-order chi connectivity index (χ0) is 14.0. The smallest absolute Gasteiger partial charge is 0.227 e. The fourth-order valence-electron chi connectivity index (χ4n) is 2.06. The summed E-state index contributed by atoms with van der Waals surface area (Å²) in [5, 5.41) is 0. The van der Waals surface area contributed by atoms with E-state index in [1.54, 1.807) is 17.0 Å². The Hall–Kier alpha value is -1.47. The van der Waals surface area contributed by atoms with Crippen molar-refractivity contribution in [2.24, 2.45) is 5.92 Å². The number of nitrogens with zero attached hydrogens (tertiary/aromatic N) is 1. The molecular formula is C12H15FN2O3S. The lowest BCUT2D eigenvalue weighted by Crippen LogP contribution is -2.30. The molecule has 1 aliphatic heterocycles. The van der Waals surface area contributed by atoms with Crippen LogP contribution in [0, 0.1) is 11.7 Å². The van der Waals surface area contributed by atoms with E-state index < -0.39 is 10.0 Å². The maximum absolute atomic E-state index is 12.8. The second-order valence-electron chi connectivity index (χ2n) is 4.67. The number of hydrogen-bond donors (Lipinski definition) is 1. The zero-order valence-corrected chi connectivity index (χ0v) is 11.3. The van der Waals surface area contributed by atoms with E-state index in [0.29, 0.717) is 18.7 Å². The molecule has 0 aromatic heterocycles. The third-order valence-electron chi connectivity index (χ3n) is 2.98. The summed E-state index contributed by atoms with van der Waals surface area (Å²) in [6.07, 6.45) is 1.38. The Labute approximate surface area is 111 Å². The van der Waals surface area contributed by atoms with Gasteiger partial charge in [-0.3, -0.25) is 4.79 Å². The minimum absolute atomic E-state index is 0.0627. The molecule has 1 heterocycles. The minimum atomic E-state index is -3.25. The third-order valence-corrected chi connectivity index (χ3v) is 3.67. The van der Waals surface area contributed by atoms with Crippen molar-refractivity contribution < 1.29 is 17.6 Å². The van der Waals surface area contributed by atoms with Gasteiger partial charge in [0.25, 0.3) is 0 Å². The number of amides is 1. The Bertz CT molecular complexity index is 571. The Morgan fingerprint density at radius 1 is 1.37 bits per heavy atom.